The zero-order chi connectivity index (χ0) is 15.2. The highest BCUT2D eigenvalue weighted by Crippen LogP contribution is 2.33. The van der Waals surface area contributed by atoms with Crippen molar-refractivity contribution in [3.63, 3.8) is 0 Å². The second kappa shape index (κ2) is 8.50. The molecule has 2 aliphatic rings. The molecule has 2 fully saturated rings. The van der Waals surface area contributed by atoms with Gasteiger partial charge in [0.15, 0.2) is 0 Å². The van der Waals surface area contributed by atoms with E-state index in [0.717, 1.165) is 23.9 Å². The molecular formula is C18H37N3. The smallest absolute Gasteiger partial charge is 0.0253 e. The summed E-state index contributed by atoms with van der Waals surface area (Å²) in [5, 5.41) is 3.85. The number of rotatable bonds is 6. The van der Waals surface area contributed by atoms with E-state index in [1.54, 1.807) is 0 Å². The molecule has 2 rings (SSSR count). The van der Waals surface area contributed by atoms with Crippen molar-refractivity contribution in [2.24, 2.45) is 11.8 Å². The van der Waals surface area contributed by atoms with E-state index in [0.29, 0.717) is 0 Å². The van der Waals surface area contributed by atoms with Gasteiger partial charge in [-0.15, -0.1) is 0 Å². The van der Waals surface area contributed by atoms with Crippen molar-refractivity contribution < 1.29 is 0 Å². The summed E-state index contributed by atoms with van der Waals surface area (Å²) in [4.78, 5) is 5.39. The van der Waals surface area contributed by atoms with Crippen molar-refractivity contribution in [2.45, 2.75) is 65.5 Å². The Hall–Kier alpha value is -0.120. The average molecular weight is 296 g/mol. The maximum absolute atomic E-state index is 3.85. The summed E-state index contributed by atoms with van der Waals surface area (Å²) in [5.74, 6) is 1.77. The van der Waals surface area contributed by atoms with Crippen molar-refractivity contribution in [2.75, 3.05) is 39.3 Å². The molecule has 1 saturated heterocycles. The van der Waals surface area contributed by atoms with Crippen LogP contribution in [0, 0.1) is 11.8 Å². The fourth-order valence-electron chi connectivity index (χ4n) is 4.17. The monoisotopic (exact) mass is 295 g/mol. The van der Waals surface area contributed by atoms with E-state index < -0.39 is 0 Å². The molecule has 0 radical (unpaired) electrons. The van der Waals surface area contributed by atoms with Crippen LogP contribution in [0.1, 0.15) is 53.4 Å². The molecule has 124 valence electrons. The first-order valence-corrected chi connectivity index (χ1v) is 9.35. The lowest BCUT2D eigenvalue weighted by atomic mass is 9.76. The number of nitrogens with one attached hydrogen (secondary N) is 1. The minimum absolute atomic E-state index is 0.730. The minimum Gasteiger partial charge on any atom is -0.312 e. The fourth-order valence-corrected chi connectivity index (χ4v) is 4.17. The predicted molar refractivity (Wildman–Crippen MR) is 91.7 cm³/mol. The van der Waals surface area contributed by atoms with Crippen LogP contribution >= 0.6 is 0 Å². The summed E-state index contributed by atoms with van der Waals surface area (Å²) >= 11 is 0. The first-order chi connectivity index (χ1) is 10.2. The highest BCUT2D eigenvalue weighted by atomic mass is 15.3. The first kappa shape index (κ1) is 17.2. The largest absolute Gasteiger partial charge is 0.312 e. The van der Waals surface area contributed by atoms with E-state index in [4.69, 9.17) is 0 Å². The quantitative estimate of drug-likeness (QED) is 0.813. The van der Waals surface area contributed by atoms with Crippen LogP contribution in [-0.4, -0.2) is 61.2 Å². The zero-order valence-electron chi connectivity index (χ0n) is 14.8. The summed E-state index contributed by atoms with van der Waals surface area (Å²) in [6, 6.07) is 1.50. The molecule has 0 spiro atoms. The van der Waals surface area contributed by atoms with Gasteiger partial charge in [-0.1, -0.05) is 27.7 Å². The van der Waals surface area contributed by atoms with Crippen LogP contribution in [0.5, 0.6) is 0 Å². The molecule has 0 bridgehead atoms. The predicted octanol–water partition coefficient (Wildman–Crippen LogP) is 2.82. The van der Waals surface area contributed by atoms with Crippen molar-refractivity contribution in [3.8, 4) is 0 Å². The molecular weight excluding hydrogens is 258 g/mol. The fraction of sp³-hybridized carbons (Fsp3) is 1.00. The Bertz CT molecular complexity index is 284. The number of likely N-dealkylation sites (N-methyl/N-ethyl adjacent to an activating group) is 1. The Kier molecular flexibility index (Phi) is 6.97. The van der Waals surface area contributed by atoms with Crippen LogP contribution in [0.25, 0.3) is 0 Å². The number of piperazine rings is 1. The molecule has 1 aliphatic heterocycles. The molecule has 3 heteroatoms. The van der Waals surface area contributed by atoms with Crippen LogP contribution < -0.4 is 5.32 Å². The van der Waals surface area contributed by atoms with Gasteiger partial charge in [0.05, 0.1) is 0 Å². The molecule has 3 unspecified atom stereocenters. The highest BCUT2D eigenvalue weighted by Gasteiger charge is 2.35. The van der Waals surface area contributed by atoms with Crippen LogP contribution in [0.4, 0.5) is 0 Å². The Morgan fingerprint density at radius 1 is 1.05 bits per heavy atom. The van der Waals surface area contributed by atoms with Gasteiger partial charge in [-0.3, -0.25) is 4.90 Å². The van der Waals surface area contributed by atoms with Gasteiger partial charge >= 0.3 is 0 Å². The third kappa shape index (κ3) is 4.67. The normalized spacial score (nSPS) is 32.7. The third-order valence-electron chi connectivity index (χ3n) is 5.78. The van der Waals surface area contributed by atoms with Gasteiger partial charge < -0.3 is 10.2 Å². The summed E-state index contributed by atoms with van der Waals surface area (Å²) in [6.45, 7) is 16.9. The molecule has 0 aromatic rings. The average Bonchev–Trinajstić information content (AvgIpc) is 2.52. The van der Waals surface area contributed by atoms with E-state index in [2.05, 4.69) is 42.8 Å². The molecule has 1 saturated carbocycles. The summed E-state index contributed by atoms with van der Waals surface area (Å²) in [7, 11) is 0. The van der Waals surface area contributed by atoms with Crippen LogP contribution in [0.2, 0.25) is 0 Å². The Labute approximate surface area is 132 Å². The van der Waals surface area contributed by atoms with Gasteiger partial charge in [0, 0.05) is 38.3 Å². The zero-order valence-corrected chi connectivity index (χ0v) is 14.8. The second-order valence-corrected chi connectivity index (χ2v) is 7.42. The molecule has 0 aromatic heterocycles. The van der Waals surface area contributed by atoms with Gasteiger partial charge in [-0.05, 0) is 50.6 Å². The molecule has 21 heavy (non-hydrogen) atoms. The summed E-state index contributed by atoms with van der Waals surface area (Å²) < 4.78 is 0. The van der Waals surface area contributed by atoms with E-state index in [9.17, 15) is 0 Å². The van der Waals surface area contributed by atoms with Crippen LogP contribution in [0.3, 0.4) is 0 Å². The highest BCUT2D eigenvalue weighted by molar-refractivity contribution is 4.93. The van der Waals surface area contributed by atoms with Gasteiger partial charge in [-0.25, -0.2) is 0 Å². The van der Waals surface area contributed by atoms with Crippen LogP contribution in [0.15, 0.2) is 0 Å². The standard InChI is InChI=1S/C18H37N3/c1-5-9-19-17-8-7-16(15(3)4)14-18(17)21-12-10-20(6-2)11-13-21/h15-19H,5-14H2,1-4H3. The maximum Gasteiger partial charge on any atom is 0.0253 e. The van der Waals surface area contributed by atoms with E-state index in [-0.39, 0.29) is 0 Å². The van der Waals surface area contributed by atoms with Crippen LogP contribution in [-0.2, 0) is 0 Å². The van der Waals surface area contributed by atoms with Gasteiger partial charge in [0.2, 0.25) is 0 Å². The van der Waals surface area contributed by atoms with Gasteiger partial charge in [0.25, 0.3) is 0 Å². The lowest BCUT2D eigenvalue weighted by Crippen LogP contribution is -2.58. The summed E-state index contributed by atoms with van der Waals surface area (Å²) in [6.07, 6.45) is 5.46. The second-order valence-electron chi connectivity index (χ2n) is 7.42. The van der Waals surface area contributed by atoms with E-state index in [1.165, 1.54) is 65.0 Å². The topological polar surface area (TPSA) is 18.5 Å². The molecule has 1 aliphatic carbocycles. The van der Waals surface area contributed by atoms with Gasteiger partial charge in [-0.2, -0.15) is 0 Å². The molecule has 3 atom stereocenters. The number of hydrogen-bond donors (Lipinski definition) is 1. The lowest BCUT2D eigenvalue weighted by Gasteiger charge is -2.47. The first-order valence-electron chi connectivity index (χ1n) is 9.35. The minimum atomic E-state index is 0.730. The number of hydrogen-bond acceptors (Lipinski definition) is 3. The van der Waals surface area contributed by atoms with Crippen molar-refractivity contribution >= 4 is 0 Å². The Balaban J connectivity index is 1.95. The van der Waals surface area contributed by atoms with Crippen molar-refractivity contribution in [1.82, 2.24) is 15.1 Å². The van der Waals surface area contributed by atoms with Gasteiger partial charge in [0.1, 0.15) is 0 Å². The SMILES string of the molecule is CCCNC1CCC(C(C)C)CC1N1CCN(CC)CC1. The Morgan fingerprint density at radius 3 is 2.33 bits per heavy atom. The lowest BCUT2D eigenvalue weighted by molar-refractivity contribution is 0.0420. The maximum atomic E-state index is 3.85. The van der Waals surface area contributed by atoms with E-state index in [1.807, 2.05) is 0 Å². The van der Waals surface area contributed by atoms with E-state index >= 15 is 0 Å². The van der Waals surface area contributed by atoms with Crippen molar-refractivity contribution in [1.29, 1.82) is 0 Å². The molecule has 0 aromatic carbocycles. The molecule has 1 N–H and O–H groups in total. The Morgan fingerprint density at radius 2 is 1.76 bits per heavy atom. The number of nitrogens with zero attached hydrogens (tertiary/aromatic N) is 2. The third-order valence-corrected chi connectivity index (χ3v) is 5.78. The molecule has 1 heterocycles. The molecule has 0 amide bonds. The molecule has 3 nitrogen and oxygen atoms in total. The van der Waals surface area contributed by atoms with Crippen molar-refractivity contribution in [3.05, 3.63) is 0 Å². The summed E-state index contributed by atoms with van der Waals surface area (Å²) in [5.41, 5.74) is 0.